The van der Waals surface area contributed by atoms with Crippen LogP contribution in [0.3, 0.4) is 0 Å². The zero-order valence-corrected chi connectivity index (χ0v) is 21.6. The van der Waals surface area contributed by atoms with Crippen LogP contribution < -0.4 is 15.4 Å². The highest BCUT2D eigenvalue weighted by molar-refractivity contribution is 7.20. The van der Waals surface area contributed by atoms with E-state index in [4.69, 9.17) is 9.47 Å². The molecule has 0 unspecified atom stereocenters. The second kappa shape index (κ2) is 11.8. The van der Waals surface area contributed by atoms with Gasteiger partial charge in [0.05, 0.1) is 41.9 Å². The minimum atomic E-state index is -1.19. The van der Waals surface area contributed by atoms with Gasteiger partial charge in [-0.25, -0.2) is 19.2 Å². The highest BCUT2D eigenvalue weighted by Crippen LogP contribution is 2.37. The molecule has 1 saturated carbocycles. The van der Waals surface area contributed by atoms with E-state index in [0.717, 1.165) is 37.0 Å². The first-order valence-corrected chi connectivity index (χ1v) is 12.7. The van der Waals surface area contributed by atoms with Crippen LogP contribution in [0, 0.1) is 12.7 Å². The van der Waals surface area contributed by atoms with Crippen molar-refractivity contribution in [2.24, 2.45) is 0 Å². The number of hydrogen-bond donors (Lipinski definition) is 3. The van der Waals surface area contributed by atoms with Crippen LogP contribution in [0.2, 0.25) is 0 Å². The van der Waals surface area contributed by atoms with Gasteiger partial charge in [0.1, 0.15) is 28.5 Å². The van der Waals surface area contributed by atoms with Crippen molar-refractivity contribution in [3.8, 4) is 5.75 Å². The second-order valence-electron chi connectivity index (χ2n) is 8.71. The van der Waals surface area contributed by atoms with Gasteiger partial charge in [-0.2, -0.15) is 0 Å². The van der Waals surface area contributed by atoms with E-state index in [1.54, 1.807) is 20.1 Å². The van der Waals surface area contributed by atoms with Crippen LogP contribution in [-0.2, 0) is 14.3 Å². The number of aliphatic hydroxyl groups is 1. The average Bonchev–Trinajstić information content (AvgIpc) is 3.26. The number of halogens is 1. The Kier molecular flexibility index (Phi) is 8.52. The molecule has 37 heavy (non-hydrogen) atoms. The Hall–Kier alpha value is -3.35. The molecule has 0 radical (unpaired) electrons. The SMILES string of the molecule is COC(=O)[C@H](CO)NC(=O)c1sc2ncnc(Nc3ccc(F)cc3O[C@H]3CC[C@H](OC)CC3)c2c1C. The van der Waals surface area contributed by atoms with E-state index in [9.17, 15) is 19.1 Å². The lowest BCUT2D eigenvalue weighted by atomic mass is 9.95. The predicted octanol–water partition coefficient (Wildman–Crippen LogP) is 3.48. The molecule has 1 atom stereocenters. The zero-order chi connectivity index (χ0) is 26.5. The number of carbonyl (C=O) groups is 2. The fourth-order valence-electron chi connectivity index (χ4n) is 4.32. The Morgan fingerprint density at radius 1 is 1.19 bits per heavy atom. The van der Waals surface area contributed by atoms with Crippen LogP contribution in [-0.4, -0.2) is 66.0 Å². The molecule has 3 aromatic rings. The summed E-state index contributed by atoms with van der Waals surface area (Å²) in [4.78, 5) is 34.2. The number of aliphatic hydroxyl groups excluding tert-OH is 1. The molecule has 3 N–H and O–H groups in total. The summed E-state index contributed by atoms with van der Waals surface area (Å²) in [7, 11) is 2.88. The van der Waals surface area contributed by atoms with Gasteiger partial charge in [0.2, 0.25) is 0 Å². The number of hydrogen-bond acceptors (Lipinski definition) is 10. The number of nitrogens with one attached hydrogen (secondary N) is 2. The summed E-state index contributed by atoms with van der Waals surface area (Å²) in [6.45, 7) is 1.14. The Bertz CT molecular complexity index is 1280. The van der Waals surface area contributed by atoms with Crippen LogP contribution in [0.1, 0.15) is 40.9 Å². The van der Waals surface area contributed by atoms with Crippen LogP contribution in [0.4, 0.5) is 15.9 Å². The first-order chi connectivity index (χ1) is 17.8. The molecule has 2 heterocycles. The first-order valence-electron chi connectivity index (χ1n) is 11.8. The molecular formula is C25H29FN4O6S. The molecule has 0 aliphatic heterocycles. The highest BCUT2D eigenvalue weighted by atomic mass is 32.1. The lowest BCUT2D eigenvalue weighted by molar-refractivity contribution is -0.143. The number of benzene rings is 1. The summed E-state index contributed by atoms with van der Waals surface area (Å²) >= 11 is 1.13. The molecule has 12 heteroatoms. The number of thiophene rings is 1. The van der Waals surface area contributed by atoms with Crippen LogP contribution in [0.15, 0.2) is 24.5 Å². The van der Waals surface area contributed by atoms with E-state index in [0.29, 0.717) is 37.9 Å². The lowest BCUT2D eigenvalue weighted by Gasteiger charge is -2.28. The van der Waals surface area contributed by atoms with Gasteiger partial charge in [-0.15, -0.1) is 11.3 Å². The molecule has 1 aliphatic rings. The third kappa shape index (κ3) is 5.97. The smallest absolute Gasteiger partial charge is 0.330 e. The van der Waals surface area contributed by atoms with Gasteiger partial charge in [-0.1, -0.05) is 0 Å². The summed E-state index contributed by atoms with van der Waals surface area (Å²) in [5.74, 6) is -0.940. The number of ether oxygens (including phenoxy) is 3. The first kappa shape index (κ1) is 26.7. The molecule has 0 bridgehead atoms. The summed E-state index contributed by atoms with van der Waals surface area (Å²) in [6, 6.07) is 3.06. The van der Waals surface area contributed by atoms with Gasteiger partial charge in [0.15, 0.2) is 6.04 Å². The van der Waals surface area contributed by atoms with E-state index in [1.807, 2.05) is 0 Å². The van der Waals surface area contributed by atoms with Gasteiger partial charge in [-0.05, 0) is 50.3 Å². The minimum absolute atomic E-state index is 0.0633. The third-order valence-corrected chi connectivity index (χ3v) is 7.55. The predicted molar refractivity (Wildman–Crippen MR) is 136 cm³/mol. The van der Waals surface area contributed by atoms with E-state index in [-0.39, 0.29) is 12.2 Å². The quantitative estimate of drug-likeness (QED) is 0.354. The third-order valence-electron chi connectivity index (χ3n) is 6.35. The molecule has 0 spiro atoms. The molecule has 1 fully saturated rings. The van der Waals surface area contributed by atoms with Crippen LogP contribution in [0.5, 0.6) is 5.75 Å². The number of anilines is 2. The molecule has 0 saturated heterocycles. The maximum Gasteiger partial charge on any atom is 0.330 e. The Morgan fingerprint density at radius 2 is 1.92 bits per heavy atom. The van der Waals surface area contributed by atoms with Gasteiger partial charge >= 0.3 is 5.97 Å². The van der Waals surface area contributed by atoms with E-state index < -0.39 is 30.3 Å². The number of fused-ring (bicyclic) bond motifs is 1. The fraction of sp³-hybridized carbons (Fsp3) is 0.440. The average molecular weight is 533 g/mol. The van der Waals surface area contributed by atoms with Crippen molar-refractivity contribution in [1.29, 1.82) is 0 Å². The van der Waals surface area contributed by atoms with Gasteiger partial charge in [-0.3, -0.25) is 4.79 Å². The van der Waals surface area contributed by atoms with Gasteiger partial charge in [0.25, 0.3) is 5.91 Å². The Balaban J connectivity index is 1.60. The summed E-state index contributed by atoms with van der Waals surface area (Å²) in [6.07, 6.45) is 4.86. The molecule has 1 amide bonds. The maximum atomic E-state index is 14.1. The molecule has 198 valence electrons. The van der Waals surface area contributed by atoms with Crippen molar-refractivity contribution in [2.75, 3.05) is 26.1 Å². The number of aryl methyl sites for hydroxylation is 1. The Morgan fingerprint density at radius 3 is 2.59 bits per heavy atom. The van der Waals surface area contributed by atoms with Crippen molar-refractivity contribution >= 4 is 44.9 Å². The zero-order valence-electron chi connectivity index (χ0n) is 20.7. The van der Waals surface area contributed by atoms with Crippen LogP contribution in [0.25, 0.3) is 10.2 Å². The second-order valence-corrected chi connectivity index (χ2v) is 9.71. The lowest BCUT2D eigenvalue weighted by Crippen LogP contribution is -2.43. The number of esters is 1. The number of aromatic nitrogens is 2. The number of nitrogens with zero attached hydrogens (tertiary/aromatic N) is 2. The normalized spacial score (nSPS) is 18.3. The number of carbonyl (C=O) groups excluding carboxylic acids is 2. The number of rotatable bonds is 9. The van der Waals surface area contributed by atoms with Crippen molar-refractivity contribution in [3.63, 3.8) is 0 Å². The van der Waals surface area contributed by atoms with Crippen molar-refractivity contribution < 1.29 is 33.3 Å². The van der Waals surface area contributed by atoms with E-state index >= 15 is 0 Å². The molecular weight excluding hydrogens is 503 g/mol. The van der Waals surface area contributed by atoms with Crippen molar-refractivity contribution in [1.82, 2.24) is 15.3 Å². The fourth-order valence-corrected chi connectivity index (χ4v) is 5.37. The van der Waals surface area contributed by atoms with E-state index in [1.165, 1.54) is 25.6 Å². The topological polar surface area (TPSA) is 132 Å². The summed E-state index contributed by atoms with van der Waals surface area (Å²) < 4.78 is 30.3. The van der Waals surface area contributed by atoms with Gasteiger partial charge < -0.3 is 30.0 Å². The van der Waals surface area contributed by atoms with Gasteiger partial charge in [0, 0.05) is 13.2 Å². The van der Waals surface area contributed by atoms with E-state index in [2.05, 4.69) is 25.3 Å². The largest absolute Gasteiger partial charge is 0.488 e. The molecule has 1 aliphatic carbocycles. The summed E-state index contributed by atoms with van der Waals surface area (Å²) in [5, 5.41) is 15.7. The van der Waals surface area contributed by atoms with Crippen molar-refractivity contribution in [2.45, 2.75) is 50.9 Å². The standard InChI is InChI=1S/C25H29FN4O6S/c1-13-20-22(27-12-28-24(20)37-21(13)23(32)30-18(11-31)25(33)35-3)29-17-9-4-14(26)10-19(17)36-16-7-5-15(34-2)6-8-16/h4,9-10,12,15-16,18,31H,5-8,11H2,1-3H3,(H,30,32)(H,27,28,29)/t15-,16-,18-/m0/s1. The molecule has 10 nitrogen and oxygen atoms in total. The molecule has 4 rings (SSSR count). The van der Waals surface area contributed by atoms with Crippen LogP contribution >= 0.6 is 11.3 Å². The maximum absolute atomic E-state index is 14.1. The molecule has 1 aromatic carbocycles. The minimum Gasteiger partial charge on any atom is -0.488 e. The summed E-state index contributed by atoms with van der Waals surface area (Å²) in [5.41, 5.74) is 1.11. The number of amides is 1. The number of methoxy groups -OCH3 is 2. The van der Waals surface area contributed by atoms with Crippen molar-refractivity contribution in [3.05, 3.63) is 40.8 Å². The Labute approximate surface area is 217 Å². The molecule has 2 aromatic heterocycles. The monoisotopic (exact) mass is 532 g/mol. The highest BCUT2D eigenvalue weighted by Gasteiger charge is 2.26.